The number of carbonyl (C=O) groups excluding carboxylic acids is 5. The molecule has 20 atom stereocenters. The Morgan fingerprint density at radius 2 is 0.880 bits per heavy atom. The van der Waals surface area contributed by atoms with Gasteiger partial charge in [-0.3, -0.25) is 0 Å². The molecular weight excluding hydrogens is 1670 g/mol. The molecule has 7 aromatic carbocycles. The fourth-order valence-corrected chi connectivity index (χ4v) is 15.5. The number of amides is 5. The van der Waals surface area contributed by atoms with Crippen molar-refractivity contribution >= 4 is 38.8 Å². The van der Waals surface area contributed by atoms with Crippen LogP contribution in [0.25, 0.3) is 0 Å². The van der Waals surface area contributed by atoms with Gasteiger partial charge in [0.2, 0.25) is 0 Å². The van der Waals surface area contributed by atoms with E-state index in [1.54, 1.807) is 182 Å². The van der Waals surface area contributed by atoms with Gasteiger partial charge in [0, 0.05) is 18.7 Å². The number of ether oxygens (including phenoxy) is 14. The third-order valence-electron chi connectivity index (χ3n) is 22.2. The molecule has 676 valence electrons. The van der Waals surface area contributed by atoms with Crippen molar-refractivity contribution in [2.75, 3.05) is 39.5 Å². The number of fused-ring (bicyclic) bond motifs is 1. The minimum Gasteiger partial charge on any atom is -0.445 e. The summed E-state index contributed by atoms with van der Waals surface area (Å²) < 4.78 is 182. The lowest BCUT2D eigenvalue weighted by Crippen LogP contribution is -2.71. The Morgan fingerprint density at radius 3 is 1.37 bits per heavy atom. The number of nitrogens with one attached hydrogen (secondary N) is 6. The van der Waals surface area contributed by atoms with Crippen LogP contribution >= 0.6 is 0 Å². The number of alkyl carbamates (subject to hydrolysis) is 5. The van der Waals surface area contributed by atoms with E-state index in [0.29, 0.717) is 45.5 Å². The molecule has 7 aromatic rings. The van der Waals surface area contributed by atoms with Crippen LogP contribution in [0.2, 0.25) is 18.1 Å². The van der Waals surface area contributed by atoms with Gasteiger partial charge in [0.15, 0.2) is 33.5 Å². The summed E-state index contributed by atoms with van der Waals surface area (Å²) in [4.78, 5) is 71.1. The van der Waals surface area contributed by atoms with Crippen LogP contribution in [0.15, 0.2) is 200 Å². The van der Waals surface area contributed by atoms with E-state index in [2.05, 4.69) is 31.9 Å². The predicted molar refractivity (Wildman–Crippen MR) is 434 cm³/mol. The predicted octanol–water partition coefficient (Wildman–Crippen LogP) is 10.7. The number of hydrogen-bond donors (Lipinski definition) is 10. The minimum atomic E-state index is -5.15. The van der Waals surface area contributed by atoms with Crippen molar-refractivity contribution in [3.05, 3.63) is 250 Å². The van der Waals surface area contributed by atoms with Gasteiger partial charge in [-0.15, -0.1) is 0 Å². The van der Waals surface area contributed by atoms with Crippen molar-refractivity contribution in [3.63, 3.8) is 0 Å². The molecule has 30 nitrogen and oxygen atoms in total. The first-order valence-corrected chi connectivity index (χ1v) is 43.8. The first kappa shape index (κ1) is 94.2. The van der Waals surface area contributed by atoms with Gasteiger partial charge < -0.3 is 123 Å². The molecule has 4 heterocycles. The Morgan fingerprint density at radius 1 is 0.448 bits per heavy atom. The molecule has 4 aliphatic heterocycles. The summed E-state index contributed by atoms with van der Waals surface area (Å²) in [6.45, 7) is 6.05. The van der Waals surface area contributed by atoms with Crippen LogP contribution in [-0.2, 0) is 123 Å². The minimum absolute atomic E-state index is 0.0109. The fourth-order valence-electron chi connectivity index (χ4n) is 14.5. The highest BCUT2D eigenvalue weighted by atomic mass is 28.4. The molecule has 0 bridgehead atoms. The Hall–Kier alpha value is -9.91. The van der Waals surface area contributed by atoms with Gasteiger partial charge in [-0.25, -0.2) is 24.0 Å². The fraction of sp³-hybridized carbons (Fsp3) is 0.466. The molecule has 0 aromatic heterocycles. The number of halogens is 6. The second-order valence-electron chi connectivity index (χ2n) is 32.2. The van der Waals surface area contributed by atoms with Crippen LogP contribution < -0.4 is 31.9 Å². The second kappa shape index (κ2) is 43.5. The molecule has 5 fully saturated rings. The summed E-state index contributed by atoms with van der Waals surface area (Å²) in [7, 11) is -2.96. The first-order chi connectivity index (χ1) is 59.8. The Labute approximate surface area is 718 Å². The zero-order chi connectivity index (χ0) is 89.0. The molecule has 0 radical (unpaired) electrons. The molecule has 1 unspecified atom stereocenters. The van der Waals surface area contributed by atoms with Gasteiger partial charge in [-0.1, -0.05) is 203 Å². The maximum Gasteiger partial charge on any atom is 0.416 e. The largest absolute Gasteiger partial charge is 0.445 e. The SMILES string of the molecule is CC(C)(C)[Si](C)(C)OC[C@H]1O[C@@H](O[C@@H]2[C@@H](O)[C@H](NC(=O)OCc3ccccc3)C[C@H](NC(=O)OCc3ccccc3)[C@H]2O[C@H]2O[C@@H]3COC(c4ccccc4)O[C@H]3[C@H](O)[C@H]2NC(=O)OCc2ccccc2)[C@H](OCCNCCc2cc(C(F)(F)F)cc(C(F)(F)F)c2)[C@@H]1O[C@H]1O[C@@H](CNC(=O)OCc2ccccc2)[C@@H](O)[C@H](O)[C@H]1NC(=O)OCc1ccccc1. The van der Waals surface area contributed by atoms with E-state index in [9.17, 15) is 70.7 Å². The van der Waals surface area contributed by atoms with E-state index in [1.165, 1.54) is 0 Å². The average Bonchev–Trinajstić information content (AvgIpc) is 1.75. The van der Waals surface area contributed by atoms with Gasteiger partial charge in [0.05, 0.1) is 43.0 Å². The van der Waals surface area contributed by atoms with Crippen LogP contribution in [0.4, 0.5) is 50.3 Å². The standard InChI is InChI=1S/C88H104F6N6O24Si/c1-86(2,3)125(4,5)117-51-65-74(123-78-66(99-84(108)115-48-55-30-18-9-19-31-55)70(103)69(102)63(118-78)44-96-81(105)112-45-52-24-12-6-13-25-52)76(110-39-38-95-37-36-57-40-59(87(89,90)91)42-60(41-57)88(92,93)94)80(120-65)124-75-68(101)61(97-82(106)113-46-53-26-14-7-15-27-53)43-62(98-83(107)114-47-54-28-16-8-17-29-54)72(75)121-79-67(100-85(109)116-49-56-32-20-10-21-33-56)71(104)73-64(119-79)50-111-77(122-73)58-34-22-11-23-35-58/h6-35,40-42,61-80,95,101-104H,36-39,43-51H2,1-5H3,(H,96,105)(H,97,106)(H,98,107)(H,99,108)(H,100,109)/t61-,62+,63+,64-,65-,66-,67-,68+,69-,70-,71-,72-,73-,74-,75-,76-,77?,78-,79-,80+/m1/s1. The maximum atomic E-state index is 14.7. The summed E-state index contributed by atoms with van der Waals surface area (Å²) >= 11 is 0. The number of carbonyl (C=O) groups is 5. The Balaban J connectivity index is 0.948. The van der Waals surface area contributed by atoms with Gasteiger partial charge in [-0.2, -0.15) is 26.3 Å². The van der Waals surface area contributed by atoms with E-state index in [0.717, 1.165) is 0 Å². The van der Waals surface area contributed by atoms with Crippen LogP contribution in [0, 0.1) is 0 Å². The molecule has 1 aliphatic carbocycles. The van der Waals surface area contributed by atoms with E-state index < -0.39 is 216 Å². The summed E-state index contributed by atoms with van der Waals surface area (Å²) in [5.41, 5.74) is 0.0315. The molecule has 4 saturated heterocycles. The van der Waals surface area contributed by atoms with Gasteiger partial charge in [-0.05, 0) is 89.1 Å². The van der Waals surface area contributed by atoms with Crippen molar-refractivity contribution < 1.29 is 141 Å². The summed E-state index contributed by atoms with van der Waals surface area (Å²) in [6.07, 6.45) is -44.3. The zero-order valence-electron chi connectivity index (χ0n) is 69.0. The van der Waals surface area contributed by atoms with E-state index in [-0.39, 0.29) is 70.8 Å². The van der Waals surface area contributed by atoms with Gasteiger partial charge in [0.25, 0.3) is 0 Å². The topological polar surface area (TPSA) is 377 Å². The summed E-state index contributed by atoms with van der Waals surface area (Å²) in [6, 6.07) is 46.3. The van der Waals surface area contributed by atoms with Gasteiger partial charge in [0.1, 0.15) is 118 Å². The second-order valence-corrected chi connectivity index (χ2v) is 37.0. The third kappa shape index (κ3) is 26.4. The summed E-state index contributed by atoms with van der Waals surface area (Å²) in [5, 5.41) is 66.6. The Bertz CT molecular complexity index is 4540. The van der Waals surface area contributed by atoms with Crippen molar-refractivity contribution in [3.8, 4) is 0 Å². The lowest BCUT2D eigenvalue weighted by Gasteiger charge is -2.51. The third-order valence-corrected chi connectivity index (χ3v) is 26.7. The number of rotatable bonds is 33. The normalized spacial score (nSPS) is 27.0. The van der Waals surface area contributed by atoms with E-state index >= 15 is 0 Å². The monoisotopic (exact) mass is 1770 g/mol. The quantitative estimate of drug-likeness (QED) is 0.00790. The van der Waals surface area contributed by atoms with Crippen molar-refractivity contribution in [2.45, 2.75) is 220 Å². The number of alkyl halides is 6. The highest BCUT2D eigenvalue weighted by Crippen LogP contribution is 2.43. The molecule has 0 spiro atoms. The molecular formula is C88H104F6N6O24Si. The smallest absolute Gasteiger partial charge is 0.416 e. The zero-order valence-corrected chi connectivity index (χ0v) is 70.0. The van der Waals surface area contributed by atoms with Crippen LogP contribution in [0.1, 0.15) is 83.6 Å². The van der Waals surface area contributed by atoms with E-state index in [4.69, 9.17) is 70.7 Å². The van der Waals surface area contributed by atoms with Gasteiger partial charge >= 0.3 is 42.8 Å². The molecule has 1 saturated carbocycles. The summed E-state index contributed by atoms with van der Waals surface area (Å²) in [5.74, 6) is 0. The number of hydrogen-bond acceptors (Lipinski definition) is 25. The van der Waals surface area contributed by atoms with E-state index in [1.807, 2.05) is 33.9 Å². The number of benzene rings is 7. The average molecular weight is 1770 g/mol. The first-order valence-electron chi connectivity index (χ1n) is 40.9. The highest BCUT2D eigenvalue weighted by molar-refractivity contribution is 6.74. The van der Waals surface area contributed by atoms with Crippen molar-refractivity contribution in [1.29, 1.82) is 0 Å². The van der Waals surface area contributed by atoms with Crippen LogP contribution in [0.3, 0.4) is 0 Å². The number of aliphatic hydroxyl groups excluding tert-OH is 4. The van der Waals surface area contributed by atoms with Crippen molar-refractivity contribution in [2.24, 2.45) is 0 Å². The Kier molecular flexibility index (Phi) is 32.8. The molecule has 5 aliphatic rings. The highest BCUT2D eigenvalue weighted by Gasteiger charge is 2.59. The van der Waals surface area contributed by atoms with Crippen LogP contribution in [0.5, 0.6) is 0 Å². The molecule has 5 amide bonds. The van der Waals surface area contributed by atoms with Crippen LogP contribution in [-0.4, -0.2) is 215 Å². The molecule has 125 heavy (non-hydrogen) atoms. The number of aliphatic hydroxyl groups is 4. The van der Waals surface area contributed by atoms with Crippen molar-refractivity contribution in [1.82, 2.24) is 31.9 Å². The molecule has 12 rings (SSSR count). The molecule has 10 N–H and O–H groups in total. The lowest BCUT2D eigenvalue weighted by atomic mass is 9.83. The lowest BCUT2D eigenvalue weighted by molar-refractivity contribution is -0.358. The maximum absolute atomic E-state index is 14.7. The molecule has 37 heteroatoms.